The fourth-order valence-corrected chi connectivity index (χ4v) is 3.76. The van der Waals surface area contributed by atoms with Crippen molar-refractivity contribution in [2.75, 3.05) is 0 Å². The fraction of sp³-hybridized carbons (Fsp3) is 0.148. The van der Waals surface area contributed by atoms with Crippen LogP contribution in [0.3, 0.4) is 0 Å². The molecule has 4 aromatic rings. The monoisotopic (exact) mass is 536 g/mol. The van der Waals surface area contributed by atoms with Crippen LogP contribution in [0.5, 0.6) is 11.6 Å². The minimum atomic E-state index is -1.12. The van der Waals surface area contributed by atoms with E-state index >= 15 is 0 Å². The Morgan fingerprint density at radius 1 is 0.886 bits per heavy atom. The van der Waals surface area contributed by atoms with E-state index < -0.39 is 17.7 Å². The molecule has 8 heteroatoms. The Balaban J connectivity index is 1.68. The molecule has 0 saturated heterocycles. The van der Waals surface area contributed by atoms with Gasteiger partial charge < -0.3 is 14.6 Å². The summed E-state index contributed by atoms with van der Waals surface area (Å²) in [5.41, 5.74) is 2.48. The van der Waals surface area contributed by atoms with Gasteiger partial charge in [-0.05, 0) is 51.2 Å². The first-order valence-corrected chi connectivity index (χ1v) is 11.7. The van der Waals surface area contributed by atoms with Gasteiger partial charge in [0.15, 0.2) is 0 Å². The van der Waals surface area contributed by atoms with Crippen LogP contribution in [0.25, 0.3) is 0 Å². The third kappa shape index (κ3) is 6.42. The van der Waals surface area contributed by atoms with Crippen LogP contribution in [0.4, 0.5) is 4.39 Å². The highest BCUT2D eigenvalue weighted by Gasteiger charge is 2.29. The van der Waals surface area contributed by atoms with Gasteiger partial charge >= 0.3 is 5.97 Å². The van der Waals surface area contributed by atoms with Gasteiger partial charge in [0.1, 0.15) is 37.0 Å². The Labute approximate surface area is 210 Å². The van der Waals surface area contributed by atoms with Crippen LogP contribution in [-0.4, -0.2) is 21.0 Å². The van der Waals surface area contributed by atoms with Crippen LogP contribution in [0.1, 0.15) is 28.3 Å². The lowest BCUT2D eigenvalue weighted by atomic mass is 9.95. The number of rotatable bonds is 10. The Morgan fingerprint density at radius 2 is 1.51 bits per heavy atom. The van der Waals surface area contributed by atoms with E-state index in [0.29, 0.717) is 10.0 Å². The molecule has 0 radical (unpaired) electrons. The number of aromatic nitrogens is 2. The number of carbonyl (C=O) groups is 1. The van der Waals surface area contributed by atoms with E-state index in [4.69, 9.17) is 9.47 Å². The van der Waals surface area contributed by atoms with Crippen molar-refractivity contribution in [3.05, 3.63) is 118 Å². The second-order valence-electron chi connectivity index (χ2n) is 7.79. The molecular weight excluding hydrogens is 515 g/mol. The van der Waals surface area contributed by atoms with Gasteiger partial charge in [-0.15, -0.1) is 0 Å². The van der Waals surface area contributed by atoms with Gasteiger partial charge in [0.2, 0.25) is 5.75 Å². The van der Waals surface area contributed by atoms with Crippen molar-refractivity contribution < 1.29 is 23.8 Å². The largest absolute Gasteiger partial charge is 0.482 e. The molecule has 35 heavy (non-hydrogen) atoms. The molecule has 1 aromatic heterocycles. The topological polar surface area (TPSA) is 81.5 Å². The molecule has 1 heterocycles. The summed E-state index contributed by atoms with van der Waals surface area (Å²) in [4.78, 5) is 20.8. The number of halogens is 2. The van der Waals surface area contributed by atoms with Gasteiger partial charge in [0.25, 0.3) is 5.88 Å². The molecule has 0 amide bonds. The van der Waals surface area contributed by atoms with Gasteiger partial charge in [0, 0.05) is 0 Å². The highest BCUT2D eigenvalue weighted by atomic mass is 79.9. The molecule has 1 N–H and O–H groups in total. The third-order valence-corrected chi connectivity index (χ3v) is 5.94. The van der Waals surface area contributed by atoms with E-state index in [2.05, 4.69) is 25.9 Å². The van der Waals surface area contributed by atoms with Crippen molar-refractivity contribution in [3.63, 3.8) is 0 Å². The van der Waals surface area contributed by atoms with Crippen LogP contribution in [-0.2, 0) is 24.4 Å². The standard InChI is InChI=1S/C27H22BrFN2O4/c28-22-12-11-20(14-23(22)29)13-21(27(32)33)24-25(34-15-18-7-3-1-4-8-18)26(31-17-30-24)35-16-19-9-5-2-6-10-19/h1-12,14,17,21H,13,15-16H2,(H,32,33). The van der Waals surface area contributed by atoms with Crippen LogP contribution in [0.15, 0.2) is 89.7 Å². The van der Waals surface area contributed by atoms with Crippen molar-refractivity contribution in [1.29, 1.82) is 0 Å². The molecule has 178 valence electrons. The molecular formula is C27H22BrFN2O4. The first kappa shape index (κ1) is 24.3. The summed E-state index contributed by atoms with van der Waals surface area (Å²) in [5, 5.41) is 10.1. The average Bonchev–Trinajstić information content (AvgIpc) is 2.88. The Morgan fingerprint density at radius 3 is 2.11 bits per heavy atom. The number of hydrogen-bond acceptors (Lipinski definition) is 5. The summed E-state index contributed by atoms with van der Waals surface area (Å²) in [6, 6.07) is 23.5. The van der Waals surface area contributed by atoms with Crippen molar-refractivity contribution in [3.8, 4) is 11.6 Å². The zero-order chi connectivity index (χ0) is 24.6. The third-order valence-electron chi connectivity index (χ3n) is 5.30. The zero-order valence-corrected chi connectivity index (χ0v) is 20.2. The van der Waals surface area contributed by atoms with E-state index in [9.17, 15) is 14.3 Å². The maximum absolute atomic E-state index is 14.1. The normalized spacial score (nSPS) is 11.6. The molecule has 4 rings (SSSR count). The Hall–Kier alpha value is -3.78. The second kappa shape index (κ2) is 11.6. The van der Waals surface area contributed by atoms with Crippen LogP contribution >= 0.6 is 15.9 Å². The molecule has 0 aliphatic heterocycles. The summed E-state index contributed by atoms with van der Waals surface area (Å²) in [6.45, 7) is 0.386. The molecule has 1 atom stereocenters. The number of aliphatic carboxylic acids is 1. The predicted molar refractivity (Wildman–Crippen MR) is 132 cm³/mol. The number of carboxylic acids is 1. The van der Waals surface area contributed by atoms with Crippen molar-refractivity contribution in [2.45, 2.75) is 25.6 Å². The molecule has 0 bridgehead atoms. The maximum Gasteiger partial charge on any atom is 0.313 e. The van der Waals surface area contributed by atoms with Crippen LogP contribution in [0.2, 0.25) is 0 Å². The molecule has 0 spiro atoms. The Kier molecular flexibility index (Phi) is 8.05. The number of carboxylic acid groups (broad SMARTS) is 1. The molecule has 0 saturated carbocycles. The lowest BCUT2D eigenvalue weighted by molar-refractivity contribution is -0.138. The minimum Gasteiger partial charge on any atom is -0.482 e. The maximum atomic E-state index is 14.1. The quantitative estimate of drug-likeness (QED) is 0.270. The van der Waals surface area contributed by atoms with E-state index in [1.807, 2.05) is 60.7 Å². The smallest absolute Gasteiger partial charge is 0.313 e. The molecule has 3 aromatic carbocycles. The first-order valence-electron chi connectivity index (χ1n) is 10.9. The number of hydrogen-bond donors (Lipinski definition) is 1. The van der Waals surface area contributed by atoms with Gasteiger partial charge in [-0.25, -0.2) is 9.37 Å². The van der Waals surface area contributed by atoms with Gasteiger partial charge in [0.05, 0.1) is 4.47 Å². The second-order valence-corrected chi connectivity index (χ2v) is 8.64. The average molecular weight is 537 g/mol. The SMILES string of the molecule is O=C(O)C(Cc1ccc(Br)c(F)c1)c1ncnc(OCc2ccccc2)c1OCc1ccccc1. The summed E-state index contributed by atoms with van der Waals surface area (Å²) in [5.74, 6) is -2.41. The molecule has 0 aliphatic carbocycles. The van der Waals surface area contributed by atoms with Gasteiger partial charge in [-0.1, -0.05) is 66.7 Å². The van der Waals surface area contributed by atoms with E-state index in [0.717, 1.165) is 11.1 Å². The molecule has 0 fully saturated rings. The molecule has 6 nitrogen and oxygen atoms in total. The predicted octanol–water partition coefficient (Wildman–Crippen LogP) is 5.95. The minimum absolute atomic E-state index is 0.0103. The van der Waals surface area contributed by atoms with E-state index in [1.54, 1.807) is 12.1 Å². The highest BCUT2D eigenvalue weighted by Crippen LogP contribution is 2.35. The van der Waals surface area contributed by atoms with Gasteiger partial charge in [-0.2, -0.15) is 4.98 Å². The van der Waals surface area contributed by atoms with Crippen molar-refractivity contribution in [2.24, 2.45) is 0 Å². The highest BCUT2D eigenvalue weighted by molar-refractivity contribution is 9.10. The van der Waals surface area contributed by atoms with Crippen LogP contribution in [0, 0.1) is 5.82 Å². The summed E-state index contributed by atoms with van der Waals surface area (Å²) >= 11 is 3.12. The first-order chi connectivity index (χ1) is 17.0. The summed E-state index contributed by atoms with van der Waals surface area (Å²) in [7, 11) is 0. The number of nitrogens with zero attached hydrogens (tertiary/aromatic N) is 2. The van der Waals surface area contributed by atoms with Gasteiger partial charge in [-0.3, -0.25) is 4.79 Å². The zero-order valence-electron chi connectivity index (χ0n) is 18.6. The van der Waals surface area contributed by atoms with Crippen LogP contribution < -0.4 is 9.47 Å². The van der Waals surface area contributed by atoms with Crippen molar-refractivity contribution in [1.82, 2.24) is 9.97 Å². The van der Waals surface area contributed by atoms with E-state index in [-0.39, 0.29) is 37.0 Å². The van der Waals surface area contributed by atoms with E-state index in [1.165, 1.54) is 12.4 Å². The fourth-order valence-electron chi connectivity index (χ4n) is 3.52. The number of benzene rings is 3. The number of ether oxygens (including phenoxy) is 2. The molecule has 0 aliphatic rings. The van der Waals surface area contributed by atoms with Crippen molar-refractivity contribution >= 4 is 21.9 Å². The Bertz CT molecular complexity index is 1290. The molecule has 1 unspecified atom stereocenters. The summed E-state index contributed by atoms with van der Waals surface area (Å²) < 4.78 is 26.4. The lowest BCUT2D eigenvalue weighted by Crippen LogP contribution is -2.18. The summed E-state index contributed by atoms with van der Waals surface area (Å²) in [6.07, 6.45) is 1.26. The lowest BCUT2D eigenvalue weighted by Gasteiger charge is -2.19.